The van der Waals surface area contributed by atoms with Gasteiger partial charge >= 0.3 is 0 Å². The van der Waals surface area contributed by atoms with Crippen molar-refractivity contribution < 1.29 is 4.79 Å². The average molecular weight is 258 g/mol. The van der Waals surface area contributed by atoms with Gasteiger partial charge in [-0.05, 0) is 24.3 Å². The van der Waals surface area contributed by atoms with Crippen molar-refractivity contribution in [3.8, 4) is 11.3 Å². The molecule has 5 heteroatoms. The lowest BCUT2D eigenvalue weighted by Crippen LogP contribution is -1.98. The van der Waals surface area contributed by atoms with Crippen LogP contribution in [0.2, 0.25) is 5.02 Å². The van der Waals surface area contributed by atoms with Gasteiger partial charge in [-0.15, -0.1) is 0 Å². The Hall–Kier alpha value is -2.20. The molecule has 0 N–H and O–H groups in total. The molecule has 0 saturated carbocycles. The van der Waals surface area contributed by atoms with Crippen molar-refractivity contribution in [1.82, 2.24) is 14.6 Å². The zero-order valence-corrected chi connectivity index (χ0v) is 10.0. The Morgan fingerprint density at radius 1 is 1.11 bits per heavy atom. The lowest BCUT2D eigenvalue weighted by atomic mass is 10.1. The number of benzene rings is 1. The second kappa shape index (κ2) is 4.23. The summed E-state index contributed by atoms with van der Waals surface area (Å²) in [6.07, 6.45) is 2.24. The van der Waals surface area contributed by atoms with Crippen molar-refractivity contribution in [2.75, 3.05) is 0 Å². The van der Waals surface area contributed by atoms with Gasteiger partial charge < -0.3 is 0 Å². The zero-order chi connectivity index (χ0) is 12.5. The molecule has 1 aromatic carbocycles. The molecule has 4 nitrogen and oxygen atoms in total. The van der Waals surface area contributed by atoms with Gasteiger partial charge in [0, 0.05) is 10.6 Å². The van der Waals surface area contributed by atoms with E-state index < -0.39 is 0 Å². The number of carbonyl (C=O) groups excluding carboxylic acids is 1. The molecule has 0 aliphatic carbocycles. The summed E-state index contributed by atoms with van der Waals surface area (Å²) in [5, 5.41) is 5.06. The standard InChI is InChI=1S/C13H8ClN3O/c14-10-3-1-9(2-4-10)12-5-6-13-15-7-11(8-18)17(13)16-12/h1-8H. The smallest absolute Gasteiger partial charge is 0.170 e. The number of aromatic nitrogens is 3. The van der Waals surface area contributed by atoms with Crippen LogP contribution in [0.5, 0.6) is 0 Å². The number of fused-ring (bicyclic) bond motifs is 1. The predicted molar refractivity (Wildman–Crippen MR) is 68.8 cm³/mol. The molecular weight excluding hydrogens is 250 g/mol. The van der Waals surface area contributed by atoms with E-state index in [0.717, 1.165) is 17.5 Å². The highest BCUT2D eigenvalue weighted by atomic mass is 35.5. The highest BCUT2D eigenvalue weighted by Crippen LogP contribution is 2.20. The molecule has 0 aliphatic heterocycles. The summed E-state index contributed by atoms with van der Waals surface area (Å²) >= 11 is 5.84. The quantitative estimate of drug-likeness (QED) is 0.663. The molecule has 0 fully saturated rings. The van der Waals surface area contributed by atoms with Gasteiger partial charge in [0.1, 0.15) is 5.69 Å². The molecule has 0 aliphatic rings. The Balaban J connectivity index is 2.17. The minimum atomic E-state index is 0.431. The first kappa shape index (κ1) is 10.9. The number of hydrogen-bond acceptors (Lipinski definition) is 3. The minimum Gasteiger partial charge on any atom is -0.296 e. The Labute approximate surface area is 108 Å². The van der Waals surface area contributed by atoms with Crippen LogP contribution in [0.15, 0.2) is 42.6 Å². The third-order valence-corrected chi connectivity index (χ3v) is 2.90. The van der Waals surface area contributed by atoms with E-state index in [2.05, 4.69) is 10.1 Å². The van der Waals surface area contributed by atoms with Crippen molar-refractivity contribution in [3.05, 3.63) is 53.3 Å². The largest absolute Gasteiger partial charge is 0.296 e. The van der Waals surface area contributed by atoms with Gasteiger partial charge in [0.25, 0.3) is 0 Å². The van der Waals surface area contributed by atoms with E-state index in [-0.39, 0.29) is 0 Å². The van der Waals surface area contributed by atoms with Crippen molar-refractivity contribution in [1.29, 1.82) is 0 Å². The molecule has 3 rings (SSSR count). The fourth-order valence-electron chi connectivity index (χ4n) is 1.75. The van der Waals surface area contributed by atoms with Crippen LogP contribution in [-0.4, -0.2) is 20.9 Å². The fourth-order valence-corrected chi connectivity index (χ4v) is 1.87. The number of aldehydes is 1. The molecule has 0 radical (unpaired) electrons. The summed E-state index contributed by atoms with van der Waals surface area (Å²) in [6.45, 7) is 0. The van der Waals surface area contributed by atoms with Crippen LogP contribution in [-0.2, 0) is 0 Å². The Morgan fingerprint density at radius 2 is 1.89 bits per heavy atom. The van der Waals surface area contributed by atoms with Gasteiger partial charge in [-0.25, -0.2) is 9.50 Å². The number of hydrogen-bond donors (Lipinski definition) is 0. The SMILES string of the molecule is O=Cc1cnc2ccc(-c3ccc(Cl)cc3)nn12. The molecule has 0 spiro atoms. The second-order valence-corrected chi connectivity index (χ2v) is 4.23. The second-order valence-electron chi connectivity index (χ2n) is 3.80. The average Bonchev–Trinajstić information content (AvgIpc) is 2.81. The van der Waals surface area contributed by atoms with E-state index in [9.17, 15) is 4.79 Å². The molecule has 0 atom stereocenters. The summed E-state index contributed by atoms with van der Waals surface area (Å²) in [5.74, 6) is 0. The van der Waals surface area contributed by atoms with Crippen LogP contribution in [0.4, 0.5) is 0 Å². The number of carbonyl (C=O) groups is 1. The minimum absolute atomic E-state index is 0.431. The predicted octanol–water partition coefficient (Wildman–Crippen LogP) is 2.86. The highest BCUT2D eigenvalue weighted by Gasteiger charge is 2.06. The summed E-state index contributed by atoms with van der Waals surface area (Å²) in [7, 11) is 0. The topological polar surface area (TPSA) is 47.3 Å². The highest BCUT2D eigenvalue weighted by molar-refractivity contribution is 6.30. The molecule has 0 unspecified atom stereocenters. The van der Waals surface area contributed by atoms with E-state index in [0.29, 0.717) is 16.4 Å². The first-order valence-corrected chi connectivity index (χ1v) is 5.71. The summed E-state index contributed by atoms with van der Waals surface area (Å²) < 4.78 is 1.52. The lowest BCUT2D eigenvalue weighted by Gasteiger charge is -2.02. The van der Waals surface area contributed by atoms with Gasteiger partial charge in [0.15, 0.2) is 11.9 Å². The van der Waals surface area contributed by atoms with E-state index in [1.54, 1.807) is 12.1 Å². The number of halogens is 1. The summed E-state index contributed by atoms with van der Waals surface area (Å²) in [5.41, 5.74) is 2.78. The van der Waals surface area contributed by atoms with Crippen molar-refractivity contribution >= 4 is 23.5 Å². The molecule has 0 bridgehead atoms. The zero-order valence-electron chi connectivity index (χ0n) is 9.25. The maximum atomic E-state index is 10.9. The van der Waals surface area contributed by atoms with Crippen molar-refractivity contribution in [3.63, 3.8) is 0 Å². The van der Waals surface area contributed by atoms with Gasteiger partial charge in [-0.3, -0.25) is 4.79 Å². The normalized spacial score (nSPS) is 10.7. The maximum absolute atomic E-state index is 10.9. The van der Waals surface area contributed by atoms with Gasteiger partial charge in [-0.2, -0.15) is 5.10 Å². The monoisotopic (exact) mass is 257 g/mol. The van der Waals surface area contributed by atoms with Crippen molar-refractivity contribution in [2.45, 2.75) is 0 Å². The third-order valence-electron chi connectivity index (χ3n) is 2.65. The first-order valence-electron chi connectivity index (χ1n) is 5.34. The van der Waals surface area contributed by atoms with Crippen LogP contribution in [0.25, 0.3) is 16.9 Å². The maximum Gasteiger partial charge on any atom is 0.170 e. The molecule has 88 valence electrons. The Kier molecular flexibility index (Phi) is 2.57. The third kappa shape index (κ3) is 1.76. The number of imidazole rings is 1. The van der Waals surface area contributed by atoms with E-state index >= 15 is 0 Å². The number of rotatable bonds is 2. The Morgan fingerprint density at radius 3 is 2.61 bits per heavy atom. The van der Waals surface area contributed by atoms with Gasteiger partial charge in [-0.1, -0.05) is 23.7 Å². The molecule has 2 heterocycles. The van der Waals surface area contributed by atoms with E-state index in [1.165, 1.54) is 10.7 Å². The molecule has 0 saturated heterocycles. The van der Waals surface area contributed by atoms with E-state index in [4.69, 9.17) is 11.6 Å². The molecule has 3 aromatic rings. The fraction of sp³-hybridized carbons (Fsp3) is 0. The van der Waals surface area contributed by atoms with Gasteiger partial charge in [0.2, 0.25) is 0 Å². The van der Waals surface area contributed by atoms with Gasteiger partial charge in [0.05, 0.1) is 11.9 Å². The van der Waals surface area contributed by atoms with Crippen molar-refractivity contribution in [2.24, 2.45) is 0 Å². The summed E-state index contributed by atoms with van der Waals surface area (Å²) in [6, 6.07) is 11.1. The van der Waals surface area contributed by atoms with Crippen LogP contribution in [0, 0.1) is 0 Å². The summed E-state index contributed by atoms with van der Waals surface area (Å²) in [4.78, 5) is 14.9. The van der Waals surface area contributed by atoms with Crippen LogP contribution in [0.1, 0.15) is 10.5 Å². The van der Waals surface area contributed by atoms with Crippen LogP contribution in [0.3, 0.4) is 0 Å². The number of nitrogens with zero attached hydrogens (tertiary/aromatic N) is 3. The Bertz CT molecular complexity index is 719. The van der Waals surface area contributed by atoms with Crippen LogP contribution < -0.4 is 0 Å². The molecule has 0 amide bonds. The first-order chi connectivity index (χ1) is 8.78. The molecular formula is C13H8ClN3O. The molecule has 2 aromatic heterocycles. The van der Waals surface area contributed by atoms with E-state index in [1.807, 2.05) is 24.3 Å². The lowest BCUT2D eigenvalue weighted by molar-refractivity contribution is 0.111. The van der Waals surface area contributed by atoms with Crippen LogP contribution >= 0.6 is 11.6 Å². The molecule has 18 heavy (non-hydrogen) atoms.